The third kappa shape index (κ3) is 1.50. The van der Waals surface area contributed by atoms with E-state index >= 15 is 0 Å². The summed E-state index contributed by atoms with van der Waals surface area (Å²) >= 11 is 0. The Hall–Kier alpha value is -1.49. The van der Waals surface area contributed by atoms with Crippen LogP contribution < -0.4 is 5.32 Å². The van der Waals surface area contributed by atoms with Crippen LogP contribution in [0.1, 0.15) is 17.3 Å². The van der Waals surface area contributed by atoms with Crippen LogP contribution in [0.15, 0.2) is 12.1 Å². The second kappa shape index (κ2) is 3.07. The molecule has 0 aromatic heterocycles. The maximum Gasteiger partial charge on any atom is 0.162 e. The van der Waals surface area contributed by atoms with Crippen molar-refractivity contribution in [3.8, 4) is 0 Å². The predicted molar refractivity (Wildman–Crippen MR) is 43.7 cm³/mol. The predicted octanol–water partition coefficient (Wildman–Crippen LogP) is 1.53. The molecule has 0 fully saturated rings. The number of Topliss-reactive ketones (excluding diaryl/α,β-unsaturated/α-hetero) is 1. The van der Waals surface area contributed by atoms with Gasteiger partial charge in [0, 0.05) is 24.7 Å². The van der Waals surface area contributed by atoms with Crippen LogP contribution in [-0.2, 0) is 0 Å². The lowest BCUT2D eigenvalue weighted by atomic mass is 10.1. The van der Waals surface area contributed by atoms with Gasteiger partial charge in [0.2, 0.25) is 0 Å². The Morgan fingerprint density at radius 1 is 1.45 bits per heavy atom. The van der Waals surface area contributed by atoms with Gasteiger partial charge < -0.3 is 5.32 Å². The fourth-order valence-electron chi connectivity index (χ4n) is 0.881. The summed E-state index contributed by atoms with van der Waals surface area (Å²) < 4.78 is 0. The van der Waals surface area contributed by atoms with Crippen molar-refractivity contribution < 1.29 is 4.79 Å². The van der Waals surface area contributed by atoms with Crippen LogP contribution in [0.25, 0.3) is 0 Å². The van der Waals surface area contributed by atoms with Gasteiger partial charge in [0.05, 0.1) is 5.69 Å². The monoisotopic (exact) mass is 147 g/mol. The van der Waals surface area contributed by atoms with Crippen LogP contribution in [0.2, 0.25) is 0 Å². The zero-order valence-electron chi connectivity index (χ0n) is 6.56. The number of ketones is 1. The molecule has 1 aromatic rings. The van der Waals surface area contributed by atoms with Crippen LogP contribution in [0, 0.1) is 12.1 Å². The van der Waals surface area contributed by atoms with Gasteiger partial charge in [0.1, 0.15) is 0 Å². The van der Waals surface area contributed by atoms with Gasteiger partial charge in [-0.1, -0.05) is 12.1 Å². The molecule has 0 spiro atoms. The highest BCUT2D eigenvalue weighted by Gasteiger charge is 2.02. The van der Waals surface area contributed by atoms with Crippen LogP contribution in [0.3, 0.4) is 0 Å². The zero-order valence-corrected chi connectivity index (χ0v) is 6.56. The number of hydrogen-bond acceptors (Lipinski definition) is 2. The van der Waals surface area contributed by atoms with Gasteiger partial charge in [-0.2, -0.15) is 0 Å². The van der Waals surface area contributed by atoms with E-state index in [1.807, 2.05) is 0 Å². The number of carbonyl (C=O) groups excluding carboxylic acids is 1. The Kier molecular flexibility index (Phi) is 2.12. The quantitative estimate of drug-likeness (QED) is 0.643. The number of anilines is 1. The van der Waals surface area contributed by atoms with Gasteiger partial charge in [-0.3, -0.25) is 4.79 Å². The summed E-state index contributed by atoms with van der Waals surface area (Å²) in [5, 5.41) is 2.90. The standard InChI is InChI=1S/C9H9NO/c1-7(11)8-5-3-4-6-9(8)10-2/h5-6,10H,1-2H3. The minimum Gasteiger partial charge on any atom is -0.387 e. The highest BCUT2D eigenvalue weighted by atomic mass is 16.1. The van der Waals surface area contributed by atoms with Crippen molar-refractivity contribution in [2.45, 2.75) is 6.92 Å². The molecule has 0 aliphatic heterocycles. The SMILES string of the molecule is CNc1cc#ccc1C(C)=O. The van der Waals surface area contributed by atoms with Crippen LogP contribution in [0.5, 0.6) is 0 Å². The van der Waals surface area contributed by atoms with Crippen molar-refractivity contribution in [3.63, 3.8) is 0 Å². The van der Waals surface area contributed by atoms with Crippen LogP contribution >= 0.6 is 0 Å². The maximum absolute atomic E-state index is 11.0. The first-order valence-electron chi connectivity index (χ1n) is 3.36. The lowest BCUT2D eigenvalue weighted by molar-refractivity contribution is 0.101. The molecule has 0 unspecified atom stereocenters. The lowest BCUT2D eigenvalue weighted by Crippen LogP contribution is -1.98. The second-order valence-electron chi connectivity index (χ2n) is 2.21. The largest absolute Gasteiger partial charge is 0.387 e. The third-order valence-electron chi connectivity index (χ3n) is 1.46. The van der Waals surface area contributed by atoms with E-state index in [-0.39, 0.29) is 5.78 Å². The van der Waals surface area contributed by atoms with E-state index in [0.717, 1.165) is 5.69 Å². The molecule has 11 heavy (non-hydrogen) atoms. The Morgan fingerprint density at radius 2 is 2.09 bits per heavy atom. The molecule has 0 saturated heterocycles. The molecule has 0 aliphatic carbocycles. The van der Waals surface area contributed by atoms with E-state index in [1.54, 1.807) is 19.2 Å². The van der Waals surface area contributed by atoms with E-state index in [4.69, 9.17) is 0 Å². The molecule has 0 bridgehead atoms. The molecule has 1 rings (SSSR count). The van der Waals surface area contributed by atoms with Crippen molar-refractivity contribution in [1.82, 2.24) is 0 Å². The fraction of sp³-hybridized carbons (Fsp3) is 0.222. The molecular weight excluding hydrogens is 138 g/mol. The van der Waals surface area contributed by atoms with Crippen molar-refractivity contribution in [3.05, 3.63) is 29.8 Å². The minimum atomic E-state index is 0.0413. The minimum absolute atomic E-state index is 0.0413. The molecule has 1 N–H and O–H groups in total. The van der Waals surface area contributed by atoms with Crippen LogP contribution in [-0.4, -0.2) is 12.8 Å². The Balaban J connectivity index is 3.12. The van der Waals surface area contributed by atoms with E-state index in [9.17, 15) is 4.79 Å². The highest BCUT2D eigenvalue weighted by molar-refractivity contribution is 5.99. The molecular formula is C9H9NO. The Morgan fingerprint density at radius 3 is 2.55 bits per heavy atom. The molecule has 0 aliphatic rings. The molecule has 2 heteroatoms. The normalized spacial score (nSPS) is 8.55. The summed E-state index contributed by atoms with van der Waals surface area (Å²) in [5.41, 5.74) is 1.46. The van der Waals surface area contributed by atoms with Gasteiger partial charge in [0.25, 0.3) is 0 Å². The summed E-state index contributed by atoms with van der Waals surface area (Å²) in [7, 11) is 1.77. The molecule has 0 saturated carbocycles. The summed E-state index contributed by atoms with van der Waals surface area (Å²) in [4.78, 5) is 11.0. The first kappa shape index (κ1) is 7.62. The molecule has 0 atom stereocenters. The second-order valence-corrected chi connectivity index (χ2v) is 2.21. The van der Waals surface area contributed by atoms with Gasteiger partial charge in [-0.15, -0.1) is 0 Å². The summed E-state index contributed by atoms with van der Waals surface area (Å²) in [6, 6.07) is 8.84. The van der Waals surface area contributed by atoms with Gasteiger partial charge in [-0.05, 0) is 6.92 Å². The first-order chi connectivity index (χ1) is 5.25. The van der Waals surface area contributed by atoms with Crippen molar-refractivity contribution >= 4 is 11.5 Å². The van der Waals surface area contributed by atoms with Gasteiger partial charge in [0.15, 0.2) is 5.78 Å². The molecule has 0 radical (unpaired) electrons. The average Bonchev–Trinajstić information content (AvgIpc) is 2.04. The topological polar surface area (TPSA) is 29.1 Å². The summed E-state index contributed by atoms with van der Waals surface area (Å²) in [6.07, 6.45) is 0. The van der Waals surface area contributed by atoms with Gasteiger partial charge >= 0.3 is 0 Å². The molecule has 1 aromatic carbocycles. The van der Waals surface area contributed by atoms with E-state index in [1.165, 1.54) is 6.92 Å². The zero-order chi connectivity index (χ0) is 8.27. The lowest BCUT2D eigenvalue weighted by Gasteiger charge is -2.01. The smallest absolute Gasteiger partial charge is 0.162 e. The molecule has 0 heterocycles. The van der Waals surface area contributed by atoms with E-state index in [0.29, 0.717) is 5.56 Å². The number of carbonyl (C=O) groups is 1. The van der Waals surface area contributed by atoms with Crippen molar-refractivity contribution in [2.24, 2.45) is 0 Å². The van der Waals surface area contributed by atoms with Crippen LogP contribution in [0.4, 0.5) is 5.69 Å². The molecule has 56 valence electrons. The first-order valence-corrected chi connectivity index (χ1v) is 3.36. The third-order valence-corrected chi connectivity index (χ3v) is 1.46. The highest BCUT2D eigenvalue weighted by Crippen LogP contribution is 2.11. The Bertz CT molecular complexity index is 268. The summed E-state index contributed by atoms with van der Waals surface area (Å²) in [6.45, 7) is 1.53. The average molecular weight is 147 g/mol. The molecule has 0 amide bonds. The van der Waals surface area contributed by atoms with E-state index < -0.39 is 0 Å². The van der Waals surface area contributed by atoms with Crippen molar-refractivity contribution in [1.29, 1.82) is 0 Å². The maximum atomic E-state index is 11.0. The number of hydrogen-bond donors (Lipinski definition) is 1. The summed E-state index contributed by atoms with van der Waals surface area (Å²) in [5.74, 6) is 0.0413. The number of rotatable bonds is 2. The number of nitrogens with one attached hydrogen (secondary N) is 1. The fourth-order valence-corrected chi connectivity index (χ4v) is 0.881. The molecule has 2 nitrogen and oxygen atoms in total. The van der Waals surface area contributed by atoms with Crippen molar-refractivity contribution in [2.75, 3.05) is 12.4 Å². The van der Waals surface area contributed by atoms with E-state index in [2.05, 4.69) is 17.4 Å². The Labute approximate surface area is 66.2 Å². The van der Waals surface area contributed by atoms with Gasteiger partial charge in [-0.25, -0.2) is 0 Å².